The van der Waals surface area contributed by atoms with Gasteiger partial charge >= 0.3 is 6.03 Å². The minimum Gasteiger partial charge on any atom is -0.472 e. The van der Waals surface area contributed by atoms with Gasteiger partial charge in [0.15, 0.2) is 9.84 Å². The molecule has 3 rings (SSSR count). The van der Waals surface area contributed by atoms with Gasteiger partial charge in [-0.15, -0.1) is 11.3 Å². The van der Waals surface area contributed by atoms with Crippen LogP contribution in [0.4, 0.5) is 4.79 Å². The van der Waals surface area contributed by atoms with Crippen LogP contribution in [-0.4, -0.2) is 31.6 Å². The summed E-state index contributed by atoms with van der Waals surface area (Å²) in [7, 11) is -1.57. The van der Waals surface area contributed by atoms with E-state index >= 15 is 0 Å². The predicted octanol–water partition coefficient (Wildman–Crippen LogP) is 2.79. The average molecular weight is 354 g/mol. The number of hydrogen-bond acceptors (Lipinski definition) is 5. The zero-order chi connectivity index (χ0) is 16.6. The lowest BCUT2D eigenvalue weighted by Gasteiger charge is -2.29. The van der Waals surface area contributed by atoms with Crippen LogP contribution in [0.3, 0.4) is 0 Å². The van der Waals surface area contributed by atoms with Crippen LogP contribution in [-0.2, 0) is 16.4 Å². The Balaban J connectivity index is 1.74. The Hall–Kier alpha value is -1.80. The number of carbonyl (C=O) groups excluding carboxylic acids is 1. The number of carbonyl (C=O) groups is 1. The molecule has 0 unspecified atom stereocenters. The normalized spacial score (nSPS) is 22.3. The van der Waals surface area contributed by atoms with E-state index < -0.39 is 15.1 Å². The van der Waals surface area contributed by atoms with E-state index in [-0.39, 0.29) is 12.1 Å². The van der Waals surface area contributed by atoms with Crippen molar-refractivity contribution in [3.63, 3.8) is 0 Å². The van der Waals surface area contributed by atoms with E-state index in [2.05, 4.69) is 5.32 Å². The summed E-state index contributed by atoms with van der Waals surface area (Å²) in [5.41, 5.74) is 1.59. The number of nitrogens with zero attached hydrogens (tertiary/aromatic N) is 1. The van der Waals surface area contributed by atoms with Crippen molar-refractivity contribution in [2.24, 2.45) is 0 Å². The van der Waals surface area contributed by atoms with Gasteiger partial charge < -0.3 is 14.6 Å². The summed E-state index contributed by atoms with van der Waals surface area (Å²) in [4.78, 5) is 13.9. The van der Waals surface area contributed by atoms with Gasteiger partial charge in [0.1, 0.15) is 4.21 Å². The maximum Gasteiger partial charge on any atom is 0.317 e. The molecule has 2 aromatic rings. The third-order valence-corrected chi connectivity index (χ3v) is 7.75. The molecule has 0 saturated heterocycles. The molecule has 3 heterocycles. The smallest absolute Gasteiger partial charge is 0.317 e. The maximum absolute atomic E-state index is 12.4. The first-order valence-corrected chi connectivity index (χ1v) is 9.66. The zero-order valence-corrected chi connectivity index (χ0v) is 14.5. The standard InChI is InChI=1S/C15H18N2O4S2/c1-10-7-13(12-4-6-22-14(12)23(10,19)20)16-15(18)17(2)8-11-3-5-21-9-11/h3-6,9-10,13H,7-8H2,1-2H3,(H,16,18)/t10-,13-/m0/s1. The first-order valence-electron chi connectivity index (χ1n) is 7.23. The van der Waals surface area contributed by atoms with Gasteiger partial charge in [-0.05, 0) is 30.9 Å². The summed E-state index contributed by atoms with van der Waals surface area (Å²) in [6, 6.07) is 3.06. The summed E-state index contributed by atoms with van der Waals surface area (Å²) in [6.07, 6.45) is 3.54. The highest BCUT2D eigenvalue weighted by molar-refractivity contribution is 7.94. The lowest BCUT2D eigenvalue weighted by molar-refractivity contribution is 0.201. The molecule has 0 saturated carbocycles. The third-order valence-electron chi connectivity index (χ3n) is 4.03. The van der Waals surface area contributed by atoms with E-state index in [0.29, 0.717) is 22.7 Å². The van der Waals surface area contributed by atoms with Gasteiger partial charge in [0.2, 0.25) is 0 Å². The summed E-state index contributed by atoms with van der Waals surface area (Å²) < 4.78 is 30.0. The van der Waals surface area contributed by atoms with Crippen LogP contribution < -0.4 is 5.32 Å². The molecule has 6 nitrogen and oxygen atoms in total. The molecule has 1 N–H and O–H groups in total. The number of amides is 2. The van der Waals surface area contributed by atoms with Crippen LogP contribution in [0.2, 0.25) is 0 Å². The van der Waals surface area contributed by atoms with Crippen molar-refractivity contribution in [2.45, 2.75) is 35.4 Å². The van der Waals surface area contributed by atoms with Gasteiger partial charge in [-0.3, -0.25) is 0 Å². The number of rotatable bonds is 3. The molecule has 1 aliphatic heterocycles. The van der Waals surface area contributed by atoms with Crippen molar-refractivity contribution in [3.8, 4) is 0 Å². The predicted molar refractivity (Wildman–Crippen MR) is 87.0 cm³/mol. The fourth-order valence-electron chi connectivity index (χ4n) is 2.69. The molecular weight excluding hydrogens is 336 g/mol. The van der Waals surface area contributed by atoms with E-state index in [9.17, 15) is 13.2 Å². The van der Waals surface area contributed by atoms with Crippen molar-refractivity contribution in [3.05, 3.63) is 41.2 Å². The van der Waals surface area contributed by atoms with Crippen molar-refractivity contribution in [2.75, 3.05) is 7.05 Å². The van der Waals surface area contributed by atoms with Gasteiger partial charge in [0.25, 0.3) is 0 Å². The van der Waals surface area contributed by atoms with Crippen molar-refractivity contribution < 1.29 is 17.6 Å². The quantitative estimate of drug-likeness (QED) is 0.919. The Morgan fingerprint density at radius 1 is 1.48 bits per heavy atom. The number of furan rings is 1. The van der Waals surface area contributed by atoms with Gasteiger partial charge in [-0.25, -0.2) is 13.2 Å². The van der Waals surface area contributed by atoms with Gasteiger partial charge in [-0.1, -0.05) is 0 Å². The number of thiophene rings is 1. The van der Waals surface area contributed by atoms with Crippen LogP contribution in [0, 0.1) is 0 Å². The zero-order valence-electron chi connectivity index (χ0n) is 12.9. The Morgan fingerprint density at radius 3 is 2.96 bits per heavy atom. The van der Waals surface area contributed by atoms with E-state index in [4.69, 9.17) is 4.42 Å². The average Bonchev–Trinajstić information content (AvgIpc) is 3.16. The fraction of sp³-hybridized carbons (Fsp3) is 0.400. The number of fused-ring (bicyclic) bond motifs is 1. The highest BCUT2D eigenvalue weighted by Crippen LogP contribution is 2.39. The Kier molecular flexibility index (Phi) is 4.20. The topological polar surface area (TPSA) is 79.6 Å². The fourth-order valence-corrected chi connectivity index (χ4v) is 5.92. The molecule has 0 fully saturated rings. The minimum absolute atomic E-state index is 0.236. The van der Waals surface area contributed by atoms with Gasteiger partial charge in [-0.2, -0.15) is 0 Å². The maximum atomic E-state index is 12.4. The lowest BCUT2D eigenvalue weighted by atomic mass is 10.1. The van der Waals surface area contributed by atoms with Crippen molar-refractivity contribution >= 4 is 27.2 Å². The first-order chi connectivity index (χ1) is 10.9. The summed E-state index contributed by atoms with van der Waals surface area (Å²) in [5, 5.41) is 4.20. The Bertz CT molecular complexity index is 795. The molecule has 124 valence electrons. The second-order valence-corrected chi connectivity index (χ2v) is 9.22. The van der Waals surface area contributed by atoms with Crippen LogP contribution in [0.25, 0.3) is 0 Å². The summed E-state index contributed by atoms with van der Waals surface area (Å²) >= 11 is 1.21. The third kappa shape index (κ3) is 3.00. The molecule has 0 radical (unpaired) electrons. The second-order valence-electron chi connectivity index (χ2n) is 5.74. The highest BCUT2D eigenvalue weighted by atomic mass is 32.2. The van der Waals surface area contributed by atoms with Crippen LogP contribution >= 0.6 is 11.3 Å². The highest BCUT2D eigenvalue weighted by Gasteiger charge is 2.38. The van der Waals surface area contributed by atoms with E-state index in [1.165, 1.54) is 11.3 Å². The molecule has 0 aromatic carbocycles. The minimum atomic E-state index is -3.27. The summed E-state index contributed by atoms with van der Waals surface area (Å²) in [5.74, 6) is 0. The van der Waals surface area contributed by atoms with Crippen molar-refractivity contribution in [1.82, 2.24) is 10.2 Å². The Morgan fingerprint density at radius 2 is 2.26 bits per heavy atom. The lowest BCUT2D eigenvalue weighted by Crippen LogP contribution is -2.42. The molecule has 0 aliphatic carbocycles. The Labute approximate surface area is 139 Å². The molecule has 2 amide bonds. The SMILES string of the molecule is C[C@H]1C[C@H](NC(=O)N(C)Cc2ccoc2)c2ccsc2S1(=O)=O. The van der Waals surface area contributed by atoms with Crippen LogP contribution in [0.15, 0.2) is 38.7 Å². The molecule has 2 atom stereocenters. The molecule has 1 aliphatic rings. The van der Waals surface area contributed by atoms with Gasteiger partial charge in [0, 0.05) is 18.2 Å². The largest absolute Gasteiger partial charge is 0.472 e. The number of hydrogen-bond donors (Lipinski definition) is 1. The molecular formula is C15H18N2O4S2. The van der Waals surface area contributed by atoms with E-state index in [0.717, 1.165) is 5.56 Å². The molecule has 2 aromatic heterocycles. The molecule has 8 heteroatoms. The number of sulfone groups is 1. The van der Waals surface area contributed by atoms with Crippen molar-refractivity contribution in [1.29, 1.82) is 0 Å². The van der Waals surface area contributed by atoms with Crippen LogP contribution in [0.5, 0.6) is 0 Å². The number of urea groups is 1. The van der Waals surface area contributed by atoms with E-state index in [1.54, 1.807) is 48.9 Å². The van der Waals surface area contributed by atoms with Gasteiger partial charge in [0.05, 0.1) is 30.4 Å². The summed E-state index contributed by atoms with van der Waals surface area (Å²) in [6.45, 7) is 2.12. The molecule has 23 heavy (non-hydrogen) atoms. The second kappa shape index (κ2) is 6.01. The first kappa shape index (κ1) is 16.1. The molecule has 0 spiro atoms. The number of nitrogens with one attached hydrogen (secondary N) is 1. The van der Waals surface area contributed by atoms with E-state index in [1.807, 2.05) is 0 Å². The molecule has 0 bridgehead atoms. The van der Waals surface area contributed by atoms with Crippen LogP contribution in [0.1, 0.15) is 30.5 Å². The monoisotopic (exact) mass is 354 g/mol.